The van der Waals surface area contributed by atoms with E-state index in [-0.39, 0.29) is 0 Å². The van der Waals surface area contributed by atoms with Crippen molar-refractivity contribution in [1.29, 1.82) is 0 Å². The molecule has 1 aromatic carbocycles. The van der Waals surface area contributed by atoms with Gasteiger partial charge in [-0.2, -0.15) is 0 Å². The van der Waals surface area contributed by atoms with Gasteiger partial charge in [0.25, 0.3) is 0 Å². The zero-order chi connectivity index (χ0) is 12.8. The molecular weight excluding hydrogens is 230 g/mol. The number of aromatic nitrogens is 1. The highest BCUT2D eigenvalue weighted by Crippen LogP contribution is 2.19. The fourth-order valence-electron chi connectivity index (χ4n) is 1.51. The van der Waals surface area contributed by atoms with Crippen molar-refractivity contribution in [3.63, 3.8) is 0 Å². The maximum atomic E-state index is 11.5. The number of hydrogen-bond acceptors (Lipinski definition) is 4. The molecule has 4 heteroatoms. The van der Waals surface area contributed by atoms with E-state index in [9.17, 15) is 4.79 Å². The molecule has 2 rings (SSSR count). The number of pyridine rings is 1. The van der Waals surface area contributed by atoms with Crippen molar-refractivity contribution in [2.45, 2.75) is 6.61 Å². The molecule has 0 atom stereocenters. The van der Waals surface area contributed by atoms with Crippen LogP contribution in [0.15, 0.2) is 48.8 Å². The lowest BCUT2D eigenvalue weighted by atomic mass is 10.2. The molecule has 18 heavy (non-hydrogen) atoms. The number of benzene rings is 1. The summed E-state index contributed by atoms with van der Waals surface area (Å²) in [5, 5.41) is 0. The van der Waals surface area contributed by atoms with Gasteiger partial charge in [-0.1, -0.05) is 12.1 Å². The summed E-state index contributed by atoms with van der Waals surface area (Å²) in [6, 6.07) is 10.7. The van der Waals surface area contributed by atoms with Gasteiger partial charge in [0.2, 0.25) is 0 Å². The molecule has 0 saturated heterocycles. The summed E-state index contributed by atoms with van der Waals surface area (Å²) in [7, 11) is 1.35. The van der Waals surface area contributed by atoms with Gasteiger partial charge in [0.1, 0.15) is 17.9 Å². The van der Waals surface area contributed by atoms with Gasteiger partial charge < -0.3 is 9.47 Å². The van der Waals surface area contributed by atoms with E-state index in [2.05, 4.69) is 4.98 Å². The third-order valence-electron chi connectivity index (χ3n) is 2.44. The second-order valence-electron chi connectivity index (χ2n) is 3.63. The molecule has 0 aliphatic carbocycles. The van der Waals surface area contributed by atoms with Crippen LogP contribution in [0.25, 0.3) is 0 Å². The summed E-state index contributed by atoms with van der Waals surface area (Å²) in [4.78, 5) is 15.5. The summed E-state index contributed by atoms with van der Waals surface area (Å²) in [6.07, 6.45) is 3.40. The third kappa shape index (κ3) is 2.85. The monoisotopic (exact) mass is 243 g/mol. The Kier molecular flexibility index (Phi) is 3.91. The van der Waals surface area contributed by atoms with Crippen LogP contribution in [0.2, 0.25) is 0 Å². The van der Waals surface area contributed by atoms with Crippen molar-refractivity contribution in [3.05, 3.63) is 59.9 Å². The van der Waals surface area contributed by atoms with Crippen LogP contribution in [0.5, 0.6) is 5.75 Å². The molecule has 0 unspecified atom stereocenters. The highest BCUT2D eigenvalue weighted by molar-refractivity contribution is 5.92. The second-order valence-corrected chi connectivity index (χ2v) is 3.63. The summed E-state index contributed by atoms with van der Waals surface area (Å²) in [5.74, 6) is 0.112. The van der Waals surface area contributed by atoms with Gasteiger partial charge in [0, 0.05) is 12.4 Å². The third-order valence-corrected chi connectivity index (χ3v) is 2.44. The number of ether oxygens (including phenoxy) is 2. The Morgan fingerprint density at radius 3 is 2.61 bits per heavy atom. The van der Waals surface area contributed by atoms with Crippen molar-refractivity contribution in [1.82, 2.24) is 4.98 Å². The first-order valence-corrected chi connectivity index (χ1v) is 5.50. The first-order chi connectivity index (χ1) is 8.81. The van der Waals surface area contributed by atoms with Gasteiger partial charge in [0.15, 0.2) is 0 Å². The number of carbonyl (C=O) groups excluding carboxylic acids is 1. The first-order valence-electron chi connectivity index (χ1n) is 5.50. The van der Waals surface area contributed by atoms with Crippen LogP contribution in [-0.2, 0) is 11.3 Å². The molecule has 0 amide bonds. The molecule has 0 aliphatic rings. The average molecular weight is 243 g/mol. The first kappa shape index (κ1) is 12.1. The molecule has 0 N–H and O–H groups in total. The molecule has 4 nitrogen and oxygen atoms in total. The Bertz CT molecular complexity index is 526. The molecule has 0 fully saturated rings. The standard InChI is InChI=1S/C14H13NO3/c1-17-14(16)12-4-2-3-5-13(12)18-10-11-6-8-15-9-7-11/h2-9H,10H2,1H3. The zero-order valence-electron chi connectivity index (χ0n) is 10.00. The molecule has 0 radical (unpaired) electrons. The lowest BCUT2D eigenvalue weighted by Gasteiger charge is -2.09. The number of para-hydroxylation sites is 1. The topological polar surface area (TPSA) is 48.4 Å². The van der Waals surface area contributed by atoms with Gasteiger partial charge in [-0.15, -0.1) is 0 Å². The minimum Gasteiger partial charge on any atom is -0.488 e. The summed E-state index contributed by atoms with van der Waals surface area (Å²) in [6.45, 7) is 0.385. The normalized spacial score (nSPS) is 9.83. The SMILES string of the molecule is COC(=O)c1ccccc1OCc1ccncc1. The van der Waals surface area contributed by atoms with Gasteiger partial charge in [-0.3, -0.25) is 4.98 Å². The Morgan fingerprint density at radius 1 is 1.17 bits per heavy atom. The molecule has 1 aromatic heterocycles. The Hall–Kier alpha value is -2.36. The van der Waals surface area contributed by atoms with Gasteiger partial charge in [0.05, 0.1) is 7.11 Å². The van der Waals surface area contributed by atoms with Crippen molar-refractivity contribution >= 4 is 5.97 Å². The van der Waals surface area contributed by atoms with E-state index >= 15 is 0 Å². The molecular formula is C14H13NO3. The lowest BCUT2D eigenvalue weighted by molar-refractivity contribution is 0.0595. The van der Waals surface area contributed by atoms with E-state index in [1.54, 1.807) is 30.6 Å². The van der Waals surface area contributed by atoms with Crippen LogP contribution >= 0.6 is 0 Å². The molecule has 0 saturated carbocycles. The fraction of sp³-hybridized carbons (Fsp3) is 0.143. The molecule has 92 valence electrons. The van der Waals surface area contributed by atoms with E-state index in [4.69, 9.17) is 9.47 Å². The summed E-state index contributed by atoms with van der Waals surface area (Å²) < 4.78 is 10.3. The average Bonchev–Trinajstić information content (AvgIpc) is 2.45. The quantitative estimate of drug-likeness (QED) is 0.774. The Balaban J connectivity index is 2.12. The van der Waals surface area contributed by atoms with E-state index in [1.807, 2.05) is 18.2 Å². The van der Waals surface area contributed by atoms with Crippen LogP contribution in [-0.4, -0.2) is 18.1 Å². The molecule has 0 bridgehead atoms. The van der Waals surface area contributed by atoms with Crippen molar-refractivity contribution in [2.75, 3.05) is 7.11 Å². The number of esters is 1. The van der Waals surface area contributed by atoms with E-state index in [1.165, 1.54) is 7.11 Å². The van der Waals surface area contributed by atoms with Gasteiger partial charge in [-0.25, -0.2) is 4.79 Å². The van der Waals surface area contributed by atoms with Gasteiger partial charge in [-0.05, 0) is 29.8 Å². The number of nitrogens with zero attached hydrogens (tertiary/aromatic N) is 1. The van der Waals surface area contributed by atoms with Crippen LogP contribution in [0.4, 0.5) is 0 Å². The fourth-order valence-corrected chi connectivity index (χ4v) is 1.51. The Morgan fingerprint density at radius 2 is 1.89 bits per heavy atom. The van der Waals surface area contributed by atoms with Crippen molar-refractivity contribution < 1.29 is 14.3 Å². The molecule has 0 spiro atoms. The highest BCUT2D eigenvalue weighted by atomic mass is 16.5. The molecule has 2 aromatic rings. The Labute approximate surface area is 105 Å². The summed E-state index contributed by atoms with van der Waals surface area (Å²) >= 11 is 0. The number of methoxy groups -OCH3 is 1. The van der Waals surface area contributed by atoms with Crippen LogP contribution in [0.3, 0.4) is 0 Å². The molecule has 0 aliphatic heterocycles. The number of rotatable bonds is 4. The predicted molar refractivity (Wildman–Crippen MR) is 66.4 cm³/mol. The highest BCUT2D eigenvalue weighted by Gasteiger charge is 2.11. The largest absolute Gasteiger partial charge is 0.488 e. The maximum absolute atomic E-state index is 11.5. The van der Waals surface area contributed by atoms with E-state index in [0.29, 0.717) is 17.9 Å². The minimum atomic E-state index is -0.402. The van der Waals surface area contributed by atoms with Gasteiger partial charge >= 0.3 is 5.97 Å². The summed E-state index contributed by atoms with van der Waals surface area (Å²) in [5.41, 5.74) is 1.42. The number of hydrogen-bond donors (Lipinski definition) is 0. The second kappa shape index (κ2) is 5.82. The smallest absolute Gasteiger partial charge is 0.341 e. The van der Waals surface area contributed by atoms with Crippen LogP contribution in [0, 0.1) is 0 Å². The maximum Gasteiger partial charge on any atom is 0.341 e. The molecule has 1 heterocycles. The zero-order valence-corrected chi connectivity index (χ0v) is 10.00. The van der Waals surface area contributed by atoms with Crippen molar-refractivity contribution in [2.24, 2.45) is 0 Å². The lowest BCUT2D eigenvalue weighted by Crippen LogP contribution is -2.05. The van der Waals surface area contributed by atoms with Crippen molar-refractivity contribution in [3.8, 4) is 5.75 Å². The van der Waals surface area contributed by atoms with E-state index < -0.39 is 5.97 Å². The minimum absolute atomic E-state index is 0.385. The number of carbonyl (C=O) groups is 1. The van der Waals surface area contributed by atoms with Crippen LogP contribution in [0.1, 0.15) is 15.9 Å². The van der Waals surface area contributed by atoms with E-state index in [0.717, 1.165) is 5.56 Å². The van der Waals surface area contributed by atoms with Crippen LogP contribution < -0.4 is 4.74 Å². The predicted octanol–water partition coefficient (Wildman–Crippen LogP) is 2.45.